The summed E-state index contributed by atoms with van der Waals surface area (Å²) in [6.07, 6.45) is 8.66. The van der Waals surface area contributed by atoms with Crippen molar-refractivity contribution < 1.29 is 18.7 Å². The van der Waals surface area contributed by atoms with E-state index >= 15 is 0 Å². The first-order chi connectivity index (χ1) is 17.0. The van der Waals surface area contributed by atoms with Crippen LogP contribution in [0.4, 0.5) is 4.39 Å². The number of likely N-dealkylation sites (tertiary alicyclic amines) is 1. The standard InChI is InChI=1S/C27H35FN4O3/c1-18(29-2)26(33)31-25(19-7-4-3-5-8-19)27(34)32-16-6-9-23(32)20-14-15-30-24(17-20)35-22-12-10-21(28)11-13-22/h10-15,17-19,23,25,29H,3-9,16H2,1-2H3,(H,31,33)/t18-,23-,25-/m0/s1. The van der Waals surface area contributed by atoms with Crippen LogP contribution in [-0.4, -0.2) is 47.4 Å². The van der Waals surface area contributed by atoms with Crippen molar-refractivity contribution in [2.45, 2.75) is 70.0 Å². The summed E-state index contributed by atoms with van der Waals surface area (Å²) in [4.78, 5) is 32.8. The number of nitrogens with zero attached hydrogens (tertiary/aromatic N) is 2. The van der Waals surface area contributed by atoms with Gasteiger partial charge in [-0.25, -0.2) is 9.37 Å². The van der Waals surface area contributed by atoms with Crippen LogP contribution in [0.5, 0.6) is 11.6 Å². The van der Waals surface area contributed by atoms with E-state index in [0.29, 0.717) is 18.2 Å². The van der Waals surface area contributed by atoms with Crippen LogP contribution < -0.4 is 15.4 Å². The van der Waals surface area contributed by atoms with Crippen LogP contribution in [0.25, 0.3) is 0 Å². The summed E-state index contributed by atoms with van der Waals surface area (Å²) in [5.74, 6) is 0.561. The average molecular weight is 483 g/mol. The molecule has 1 saturated carbocycles. The third-order valence-corrected chi connectivity index (χ3v) is 7.23. The molecule has 0 radical (unpaired) electrons. The number of carbonyl (C=O) groups excluding carboxylic acids is 2. The minimum absolute atomic E-state index is 0.00568. The Bertz CT molecular complexity index is 1010. The number of carbonyl (C=O) groups is 2. The molecule has 0 unspecified atom stereocenters. The Morgan fingerprint density at radius 1 is 1.09 bits per heavy atom. The average Bonchev–Trinajstić information content (AvgIpc) is 3.38. The lowest BCUT2D eigenvalue weighted by molar-refractivity contribution is -0.139. The highest BCUT2D eigenvalue weighted by molar-refractivity contribution is 5.90. The van der Waals surface area contributed by atoms with Crippen LogP contribution in [0.1, 0.15) is 63.5 Å². The van der Waals surface area contributed by atoms with Gasteiger partial charge in [0.05, 0.1) is 12.1 Å². The van der Waals surface area contributed by atoms with Crippen molar-refractivity contribution in [3.63, 3.8) is 0 Å². The summed E-state index contributed by atoms with van der Waals surface area (Å²) in [7, 11) is 1.74. The zero-order chi connectivity index (χ0) is 24.8. The third-order valence-electron chi connectivity index (χ3n) is 7.23. The Labute approximate surface area is 206 Å². The maximum absolute atomic E-state index is 13.9. The van der Waals surface area contributed by atoms with Crippen molar-refractivity contribution in [2.24, 2.45) is 5.92 Å². The Morgan fingerprint density at radius 2 is 1.83 bits per heavy atom. The molecule has 1 aromatic heterocycles. The van der Waals surface area contributed by atoms with Gasteiger partial charge in [-0.1, -0.05) is 19.3 Å². The Kier molecular flexibility index (Phi) is 8.33. The molecular formula is C27H35FN4O3. The maximum Gasteiger partial charge on any atom is 0.245 e. The van der Waals surface area contributed by atoms with Gasteiger partial charge in [0.2, 0.25) is 17.7 Å². The van der Waals surface area contributed by atoms with Gasteiger partial charge in [-0.05, 0) is 81.5 Å². The van der Waals surface area contributed by atoms with E-state index in [9.17, 15) is 14.0 Å². The molecule has 35 heavy (non-hydrogen) atoms. The molecule has 7 nitrogen and oxygen atoms in total. The summed E-state index contributed by atoms with van der Waals surface area (Å²) < 4.78 is 19.0. The normalized spacial score (nSPS) is 20.3. The Morgan fingerprint density at radius 3 is 2.54 bits per heavy atom. The highest BCUT2D eigenvalue weighted by atomic mass is 19.1. The van der Waals surface area contributed by atoms with Gasteiger partial charge in [0, 0.05) is 18.8 Å². The van der Waals surface area contributed by atoms with Gasteiger partial charge < -0.3 is 20.3 Å². The highest BCUT2D eigenvalue weighted by Crippen LogP contribution is 2.36. The molecule has 2 N–H and O–H groups in total. The second-order valence-corrected chi connectivity index (χ2v) is 9.57. The van der Waals surface area contributed by atoms with Crippen LogP contribution >= 0.6 is 0 Å². The van der Waals surface area contributed by atoms with Crippen molar-refractivity contribution in [2.75, 3.05) is 13.6 Å². The molecule has 8 heteroatoms. The minimum atomic E-state index is -0.518. The molecule has 4 rings (SSSR count). The fourth-order valence-corrected chi connectivity index (χ4v) is 5.13. The van der Waals surface area contributed by atoms with Gasteiger partial charge in [0.25, 0.3) is 0 Å². The molecule has 0 bridgehead atoms. The second kappa shape index (κ2) is 11.6. The smallest absolute Gasteiger partial charge is 0.245 e. The summed E-state index contributed by atoms with van der Waals surface area (Å²) in [6, 6.07) is 8.55. The van der Waals surface area contributed by atoms with E-state index in [1.54, 1.807) is 32.3 Å². The number of aromatic nitrogens is 1. The van der Waals surface area contributed by atoms with E-state index in [1.165, 1.54) is 18.6 Å². The first-order valence-corrected chi connectivity index (χ1v) is 12.6. The zero-order valence-corrected chi connectivity index (χ0v) is 20.5. The topological polar surface area (TPSA) is 83.6 Å². The maximum atomic E-state index is 13.9. The zero-order valence-electron chi connectivity index (χ0n) is 20.5. The first-order valence-electron chi connectivity index (χ1n) is 12.6. The number of hydrogen-bond donors (Lipinski definition) is 2. The summed E-state index contributed by atoms with van der Waals surface area (Å²) in [6.45, 7) is 2.46. The Hall–Kier alpha value is -3.00. The number of ether oxygens (including phenoxy) is 1. The number of pyridine rings is 1. The van der Waals surface area contributed by atoms with Gasteiger partial charge in [0.15, 0.2) is 0 Å². The van der Waals surface area contributed by atoms with Crippen LogP contribution in [0.15, 0.2) is 42.6 Å². The number of hydrogen-bond acceptors (Lipinski definition) is 5. The second-order valence-electron chi connectivity index (χ2n) is 9.57. The fraction of sp³-hybridized carbons (Fsp3) is 0.519. The van der Waals surface area contributed by atoms with Crippen molar-refractivity contribution in [1.29, 1.82) is 0 Å². The summed E-state index contributed by atoms with van der Waals surface area (Å²) in [5, 5.41) is 6.04. The van der Waals surface area contributed by atoms with E-state index in [1.807, 2.05) is 17.0 Å². The number of likely N-dealkylation sites (N-methyl/N-ethyl adjacent to an activating group) is 1. The number of rotatable bonds is 8. The first kappa shape index (κ1) is 25.1. The molecule has 188 valence electrons. The van der Waals surface area contributed by atoms with E-state index in [-0.39, 0.29) is 35.6 Å². The van der Waals surface area contributed by atoms with Crippen molar-refractivity contribution in [1.82, 2.24) is 20.5 Å². The molecule has 2 heterocycles. The summed E-state index contributed by atoms with van der Waals surface area (Å²) >= 11 is 0. The fourth-order valence-electron chi connectivity index (χ4n) is 5.13. The van der Waals surface area contributed by atoms with Gasteiger partial charge in [-0.3, -0.25) is 9.59 Å². The lowest BCUT2D eigenvalue weighted by atomic mass is 9.83. The molecule has 2 fully saturated rings. The predicted octanol–water partition coefficient (Wildman–Crippen LogP) is 4.35. The molecule has 3 atom stereocenters. The molecule has 1 aromatic carbocycles. The van der Waals surface area contributed by atoms with Crippen molar-refractivity contribution >= 4 is 11.8 Å². The highest BCUT2D eigenvalue weighted by Gasteiger charge is 2.39. The van der Waals surface area contributed by atoms with Crippen LogP contribution in [-0.2, 0) is 9.59 Å². The van der Waals surface area contributed by atoms with Gasteiger partial charge in [0.1, 0.15) is 17.6 Å². The number of benzene rings is 1. The van der Waals surface area contributed by atoms with E-state index < -0.39 is 6.04 Å². The van der Waals surface area contributed by atoms with Gasteiger partial charge in [-0.2, -0.15) is 0 Å². The van der Waals surface area contributed by atoms with E-state index in [4.69, 9.17) is 4.74 Å². The quantitative estimate of drug-likeness (QED) is 0.585. The monoisotopic (exact) mass is 482 g/mol. The van der Waals surface area contributed by atoms with Gasteiger partial charge >= 0.3 is 0 Å². The van der Waals surface area contributed by atoms with Crippen LogP contribution in [0, 0.1) is 11.7 Å². The number of amides is 2. The van der Waals surface area contributed by atoms with Crippen LogP contribution in [0.3, 0.4) is 0 Å². The van der Waals surface area contributed by atoms with Crippen LogP contribution in [0.2, 0.25) is 0 Å². The lowest BCUT2D eigenvalue weighted by Crippen LogP contribution is -2.55. The number of nitrogens with one attached hydrogen (secondary N) is 2. The predicted molar refractivity (Wildman–Crippen MR) is 131 cm³/mol. The minimum Gasteiger partial charge on any atom is -0.439 e. The molecule has 1 aliphatic carbocycles. The molecule has 1 aliphatic heterocycles. The molecule has 0 spiro atoms. The molecule has 2 aromatic rings. The Balaban J connectivity index is 1.53. The molecular weight excluding hydrogens is 447 g/mol. The molecule has 2 aliphatic rings. The SMILES string of the molecule is CN[C@@H](C)C(=O)N[C@H](C(=O)N1CCC[C@H]1c1ccnc(Oc2ccc(F)cc2)c1)C1CCCCC1. The van der Waals surface area contributed by atoms with E-state index in [0.717, 1.165) is 44.1 Å². The third kappa shape index (κ3) is 6.17. The van der Waals surface area contributed by atoms with E-state index in [2.05, 4.69) is 15.6 Å². The summed E-state index contributed by atoms with van der Waals surface area (Å²) in [5.41, 5.74) is 0.945. The van der Waals surface area contributed by atoms with Crippen molar-refractivity contribution in [3.8, 4) is 11.6 Å². The molecule has 2 amide bonds. The van der Waals surface area contributed by atoms with Gasteiger partial charge in [-0.15, -0.1) is 0 Å². The number of halogens is 1. The molecule has 1 saturated heterocycles. The van der Waals surface area contributed by atoms with Crippen molar-refractivity contribution in [3.05, 3.63) is 54.0 Å². The lowest BCUT2D eigenvalue weighted by Gasteiger charge is -2.35. The largest absolute Gasteiger partial charge is 0.439 e.